The van der Waals surface area contributed by atoms with Crippen LogP contribution in [0, 0.1) is 25.2 Å². The van der Waals surface area contributed by atoms with Crippen molar-refractivity contribution in [1.29, 1.82) is 5.26 Å². The summed E-state index contributed by atoms with van der Waals surface area (Å²) in [4.78, 5) is 15.5. The van der Waals surface area contributed by atoms with Gasteiger partial charge in [-0.1, -0.05) is 6.07 Å². The number of ether oxygens (including phenoxy) is 3. The predicted octanol–water partition coefficient (Wildman–Crippen LogP) is 4.77. The van der Waals surface area contributed by atoms with Gasteiger partial charge >= 0.3 is 0 Å². The van der Waals surface area contributed by atoms with Crippen molar-refractivity contribution in [2.45, 2.75) is 32.7 Å². The highest BCUT2D eigenvalue weighted by Gasteiger charge is 2.30. The molecule has 1 fully saturated rings. The first-order valence-electron chi connectivity index (χ1n) is 11.9. The van der Waals surface area contributed by atoms with Gasteiger partial charge in [0.15, 0.2) is 0 Å². The summed E-state index contributed by atoms with van der Waals surface area (Å²) in [7, 11) is 4.89. The molecule has 0 aliphatic carbocycles. The number of carbonyl (C=O) groups is 1. The number of rotatable bonds is 8. The number of amides is 1. The zero-order valence-electron chi connectivity index (χ0n) is 21.4. The fourth-order valence-electron chi connectivity index (χ4n) is 4.93. The van der Waals surface area contributed by atoms with Crippen molar-refractivity contribution in [2.75, 3.05) is 39.7 Å². The number of nitrogens with zero attached hydrogens (tertiary/aromatic N) is 3. The largest absolute Gasteiger partial charge is 0.497 e. The molecule has 36 heavy (non-hydrogen) atoms. The van der Waals surface area contributed by atoms with Crippen LogP contribution in [0.1, 0.15) is 41.3 Å². The number of anilines is 1. The molecule has 3 aromatic rings. The molecule has 1 N–H and O–H groups in total. The van der Waals surface area contributed by atoms with Crippen LogP contribution in [-0.2, 0) is 4.79 Å². The van der Waals surface area contributed by atoms with Crippen LogP contribution in [0.15, 0.2) is 42.5 Å². The Hall–Kier alpha value is -3.96. The first kappa shape index (κ1) is 25.1. The topological polar surface area (TPSA) is 88.8 Å². The molecule has 0 bridgehead atoms. The van der Waals surface area contributed by atoms with Crippen molar-refractivity contribution in [3.8, 4) is 29.0 Å². The second-order valence-electron chi connectivity index (χ2n) is 8.86. The number of benzene rings is 2. The third kappa shape index (κ3) is 4.75. The molecule has 0 spiro atoms. The zero-order valence-corrected chi connectivity index (χ0v) is 21.4. The first-order valence-corrected chi connectivity index (χ1v) is 11.9. The highest BCUT2D eigenvalue weighted by molar-refractivity contribution is 5.93. The first-order chi connectivity index (χ1) is 17.4. The molecule has 8 heteroatoms. The van der Waals surface area contributed by atoms with Gasteiger partial charge in [-0.15, -0.1) is 0 Å². The highest BCUT2D eigenvalue weighted by Crippen LogP contribution is 2.38. The third-order valence-electron chi connectivity index (χ3n) is 6.92. The van der Waals surface area contributed by atoms with E-state index in [-0.39, 0.29) is 18.5 Å². The van der Waals surface area contributed by atoms with Crippen LogP contribution in [-0.4, -0.2) is 49.8 Å². The Balaban J connectivity index is 1.60. The summed E-state index contributed by atoms with van der Waals surface area (Å²) in [6.45, 7) is 4.85. The number of likely N-dealkylation sites (tertiary alicyclic amines) is 1. The van der Waals surface area contributed by atoms with Gasteiger partial charge in [-0.3, -0.25) is 14.3 Å². The second kappa shape index (κ2) is 10.8. The van der Waals surface area contributed by atoms with E-state index in [1.54, 1.807) is 21.3 Å². The standard InChI is InChI=1S/C28H32N4O4/c1-18-19(2)32(20-8-10-21(34-3)11-9-20)28(24(18)16-29)30-27(33)17-31-14-6-7-25(31)23-13-12-22(35-4)15-26(23)36-5/h8-13,15,25H,6-7,14,17H2,1-5H3,(H,30,33). The van der Waals surface area contributed by atoms with Gasteiger partial charge in [0.25, 0.3) is 0 Å². The van der Waals surface area contributed by atoms with Gasteiger partial charge in [0.2, 0.25) is 5.91 Å². The minimum atomic E-state index is -0.168. The molecule has 1 amide bonds. The summed E-state index contributed by atoms with van der Waals surface area (Å²) in [5.41, 5.74) is 4.08. The number of carbonyl (C=O) groups excluding carboxylic acids is 1. The highest BCUT2D eigenvalue weighted by atomic mass is 16.5. The lowest BCUT2D eigenvalue weighted by Crippen LogP contribution is -2.33. The normalized spacial score (nSPS) is 15.4. The summed E-state index contributed by atoms with van der Waals surface area (Å²) in [6, 6.07) is 15.7. The molecule has 0 radical (unpaired) electrons. The van der Waals surface area contributed by atoms with E-state index in [9.17, 15) is 10.1 Å². The number of hydrogen-bond donors (Lipinski definition) is 1. The fraction of sp³-hybridized carbons (Fsp3) is 0.357. The Morgan fingerprint density at radius 1 is 1.06 bits per heavy atom. The molecule has 188 valence electrons. The molecule has 1 atom stereocenters. The molecule has 4 rings (SSSR count). The molecular formula is C28H32N4O4. The average molecular weight is 489 g/mol. The summed E-state index contributed by atoms with van der Waals surface area (Å²) in [5.74, 6) is 2.53. The second-order valence-corrected chi connectivity index (χ2v) is 8.86. The van der Waals surface area contributed by atoms with E-state index in [1.165, 1.54) is 0 Å². The molecule has 2 aromatic carbocycles. The smallest absolute Gasteiger partial charge is 0.239 e. The maximum Gasteiger partial charge on any atom is 0.239 e. The third-order valence-corrected chi connectivity index (χ3v) is 6.92. The number of aromatic nitrogens is 1. The number of nitrogens with one attached hydrogen (secondary N) is 1. The Morgan fingerprint density at radius 3 is 2.39 bits per heavy atom. The van der Waals surface area contributed by atoms with Crippen LogP contribution in [0.4, 0.5) is 5.82 Å². The van der Waals surface area contributed by atoms with Crippen molar-refractivity contribution < 1.29 is 19.0 Å². The molecule has 1 unspecified atom stereocenters. The van der Waals surface area contributed by atoms with Crippen LogP contribution >= 0.6 is 0 Å². The van der Waals surface area contributed by atoms with Gasteiger partial charge < -0.3 is 19.5 Å². The Labute approximate surface area is 212 Å². The lowest BCUT2D eigenvalue weighted by Gasteiger charge is -2.26. The molecule has 1 aromatic heterocycles. The lowest BCUT2D eigenvalue weighted by atomic mass is 10.0. The van der Waals surface area contributed by atoms with E-state index in [0.29, 0.717) is 11.4 Å². The monoisotopic (exact) mass is 488 g/mol. The zero-order chi connectivity index (χ0) is 25.8. The Morgan fingerprint density at radius 2 is 1.75 bits per heavy atom. The summed E-state index contributed by atoms with van der Waals surface area (Å²) in [5, 5.41) is 12.9. The Kier molecular flexibility index (Phi) is 7.51. The van der Waals surface area contributed by atoms with Gasteiger partial charge in [-0.2, -0.15) is 5.26 Å². The molecule has 1 aliphatic heterocycles. The van der Waals surface area contributed by atoms with Crippen LogP contribution in [0.25, 0.3) is 5.69 Å². The molecule has 1 aliphatic rings. The van der Waals surface area contributed by atoms with Gasteiger partial charge in [0.1, 0.15) is 29.1 Å². The van der Waals surface area contributed by atoms with Crippen molar-refractivity contribution in [3.63, 3.8) is 0 Å². The maximum atomic E-state index is 13.3. The van der Waals surface area contributed by atoms with Crippen molar-refractivity contribution in [1.82, 2.24) is 9.47 Å². The van der Waals surface area contributed by atoms with Crippen molar-refractivity contribution >= 4 is 11.7 Å². The van der Waals surface area contributed by atoms with E-state index >= 15 is 0 Å². The van der Waals surface area contributed by atoms with E-state index < -0.39 is 0 Å². The van der Waals surface area contributed by atoms with E-state index in [2.05, 4.69) is 16.3 Å². The van der Waals surface area contributed by atoms with Crippen LogP contribution in [0.5, 0.6) is 17.2 Å². The lowest BCUT2D eigenvalue weighted by molar-refractivity contribution is -0.117. The minimum Gasteiger partial charge on any atom is -0.497 e. The van der Waals surface area contributed by atoms with Gasteiger partial charge in [0, 0.05) is 29.1 Å². The van der Waals surface area contributed by atoms with E-state index in [4.69, 9.17) is 14.2 Å². The molecule has 8 nitrogen and oxygen atoms in total. The van der Waals surface area contributed by atoms with Crippen molar-refractivity contribution in [2.24, 2.45) is 0 Å². The fourth-order valence-corrected chi connectivity index (χ4v) is 4.93. The average Bonchev–Trinajstić information content (AvgIpc) is 3.45. The van der Waals surface area contributed by atoms with Gasteiger partial charge in [0.05, 0.1) is 33.4 Å². The molecule has 0 saturated carbocycles. The van der Waals surface area contributed by atoms with Crippen LogP contribution < -0.4 is 19.5 Å². The number of methoxy groups -OCH3 is 3. The van der Waals surface area contributed by atoms with Crippen LogP contribution in [0.2, 0.25) is 0 Å². The summed E-state index contributed by atoms with van der Waals surface area (Å²) in [6.07, 6.45) is 1.91. The van der Waals surface area contributed by atoms with E-state index in [1.807, 2.05) is 60.9 Å². The van der Waals surface area contributed by atoms with Gasteiger partial charge in [-0.25, -0.2) is 0 Å². The number of hydrogen-bond acceptors (Lipinski definition) is 6. The summed E-state index contributed by atoms with van der Waals surface area (Å²) < 4.78 is 18.1. The van der Waals surface area contributed by atoms with E-state index in [0.717, 1.165) is 59.1 Å². The van der Waals surface area contributed by atoms with Crippen molar-refractivity contribution in [3.05, 3.63) is 64.8 Å². The minimum absolute atomic E-state index is 0.0592. The quantitative estimate of drug-likeness (QED) is 0.492. The Bertz CT molecular complexity index is 1290. The summed E-state index contributed by atoms with van der Waals surface area (Å²) >= 11 is 0. The number of nitriles is 1. The molecule has 2 heterocycles. The SMILES string of the molecule is COc1ccc(-n2c(C)c(C)c(C#N)c2NC(=O)CN2CCCC2c2ccc(OC)cc2OC)cc1. The van der Waals surface area contributed by atoms with Crippen LogP contribution in [0.3, 0.4) is 0 Å². The van der Waals surface area contributed by atoms with Gasteiger partial charge in [-0.05, 0) is 69.1 Å². The molecular weight excluding hydrogens is 456 g/mol. The predicted molar refractivity (Wildman–Crippen MR) is 138 cm³/mol. The maximum absolute atomic E-state index is 13.3. The molecule has 1 saturated heterocycles.